The van der Waals surface area contributed by atoms with E-state index in [1.165, 1.54) is 7.11 Å². The van der Waals surface area contributed by atoms with Crippen LogP contribution in [0, 0.1) is 13.8 Å². The number of carbonyl (C=O) groups is 1. The number of nitrogens with zero attached hydrogens (tertiary/aromatic N) is 4. The molecule has 1 aliphatic heterocycles. The number of esters is 1. The summed E-state index contributed by atoms with van der Waals surface area (Å²) in [6, 6.07) is 23.7. The van der Waals surface area contributed by atoms with Crippen LogP contribution in [0.15, 0.2) is 79.0 Å². The molecule has 5 rings (SSSR count). The summed E-state index contributed by atoms with van der Waals surface area (Å²) in [5, 5.41) is 4.18. The van der Waals surface area contributed by atoms with Gasteiger partial charge in [0.25, 0.3) is 0 Å². The summed E-state index contributed by atoms with van der Waals surface area (Å²) in [5.41, 5.74) is 7.44. The average molecular weight is 526 g/mol. The average Bonchev–Trinajstić information content (AvgIpc) is 3.43. The standard InChI is InChI=1S/C30H31N5O2S/c1-19-18-24(20(2)34(19)26-12-7-6-10-23(26)29(36)37-5)28-27(25-11-8-9-17-31-25)32-30(38)35(28)22-15-13-21(14-16-22)33(3)4/h6-18,27-28H,1-5H3,(H,32,38)/t27-,28+/m0/s1. The van der Waals surface area contributed by atoms with Crippen LogP contribution >= 0.6 is 12.2 Å². The topological polar surface area (TPSA) is 62.6 Å². The molecule has 2 aromatic heterocycles. The van der Waals surface area contributed by atoms with E-state index < -0.39 is 0 Å². The van der Waals surface area contributed by atoms with Gasteiger partial charge in [-0.15, -0.1) is 0 Å². The number of nitrogens with one attached hydrogen (secondary N) is 1. The molecule has 1 saturated heterocycles. The van der Waals surface area contributed by atoms with Crippen LogP contribution in [0.1, 0.15) is 45.1 Å². The second kappa shape index (κ2) is 10.3. The maximum absolute atomic E-state index is 12.6. The molecular weight excluding hydrogens is 494 g/mol. The Labute approximate surface area is 228 Å². The van der Waals surface area contributed by atoms with E-state index in [9.17, 15) is 4.79 Å². The lowest BCUT2D eigenvalue weighted by Crippen LogP contribution is -2.29. The van der Waals surface area contributed by atoms with Gasteiger partial charge < -0.3 is 24.4 Å². The van der Waals surface area contributed by atoms with Gasteiger partial charge in [-0.05, 0) is 86.2 Å². The second-order valence-corrected chi connectivity index (χ2v) is 9.96. The molecular formula is C30H31N5O2S. The SMILES string of the molecule is COC(=O)c1ccccc1-n1c(C)cc([C@@H]2[C@H](c3ccccn3)NC(=S)N2c2ccc(N(C)C)cc2)c1C. The zero-order chi connectivity index (χ0) is 27.0. The van der Waals surface area contributed by atoms with Gasteiger partial charge in [0.2, 0.25) is 0 Å². The van der Waals surface area contributed by atoms with Gasteiger partial charge in [0.1, 0.15) is 0 Å². The monoisotopic (exact) mass is 525 g/mol. The number of aryl methyl sites for hydroxylation is 1. The van der Waals surface area contributed by atoms with E-state index >= 15 is 0 Å². The third-order valence-corrected chi connectivity index (χ3v) is 7.40. The van der Waals surface area contributed by atoms with E-state index in [4.69, 9.17) is 17.0 Å². The molecule has 0 unspecified atom stereocenters. The van der Waals surface area contributed by atoms with E-state index in [1.807, 2.05) is 56.7 Å². The van der Waals surface area contributed by atoms with E-state index in [0.717, 1.165) is 39.7 Å². The second-order valence-electron chi connectivity index (χ2n) is 9.58. The largest absolute Gasteiger partial charge is 0.465 e. The number of carbonyl (C=O) groups excluding carboxylic acids is 1. The molecule has 1 aliphatic rings. The summed E-state index contributed by atoms with van der Waals surface area (Å²) in [5.74, 6) is -0.368. The lowest BCUT2D eigenvalue weighted by Gasteiger charge is -2.28. The third kappa shape index (κ3) is 4.41. The maximum atomic E-state index is 12.6. The molecule has 0 bridgehead atoms. The number of para-hydroxylation sites is 1. The molecule has 4 aromatic rings. The van der Waals surface area contributed by atoms with Crippen molar-refractivity contribution in [2.75, 3.05) is 31.0 Å². The first-order chi connectivity index (χ1) is 18.3. The lowest BCUT2D eigenvalue weighted by molar-refractivity contribution is 0.0600. The normalized spacial score (nSPS) is 16.9. The molecule has 0 spiro atoms. The Bertz CT molecular complexity index is 1480. The predicted molar refractivity (Wildman–Crippen MR) is 155 cm³/mol. The lowest BCUT2D eigenvalue weighted by atomic mass is 9.96. The van der Waals surface area contributed by atoms with Crippen LogP contribution in [0.4, 0.5) is 11.4 Å². The number of ether oxygens (including phenoxy) is 1. The minimum atomic E-state index is -0.368. The first-order valence-corrected chi connectivity index (χ1v) is 12.9. The number of aromatic nitrogens is 2. The van der Waals surface area contributed by atoms with E-state index in [-0.39, 0.29) is 18.1 Å². The van der Waals surface area contributed by atoms with Crippen molar-refractivity contribution < 1.29 is 9.53 Å². The van der Waals surface area contributed by atoms with Crippen molar-refractivity contribution in [3.63, 3.8) is 0 Å². The minimum absolute atomic E-state index is 0.159. The molecule has 7 nitrogen and oxygen atoms in total. The van der Waals surface area contributed by atoms with Crippen molar-refractivity contribution in [1.82, 2.24) is 14.9 Å². The first kappa shape index (κ1) is 25.5. The molecule has 0 amide bonds. The van der Waals surface area contributed by atoms with Crippen molar-refractivity contribution >= 4 is 34.7 Å². The number of rotatable bonds is 6. The third-order valence-electron chi connectivity index (χ3n) is 7.08. The van der Waals surface area contributed by atoms with Crippen LogP contribution < -0.4 is 15.1 Å². The Kier molecular flexibility index (Phi) is 6.91. The summed E-state index contributed by atoms with van der Waals surface area (Å²) in [7, 11) is 5.46. The van der Waals surface area contributed by atoms with Crippen LogP contribution in [0.3, 0.4) is 0 Å². The van der Waals surface area contributed by atoms with E-state index in [1.54, 1.807) is 6.07 Å². The van der Waals surface area contributed by atoms with Crippen LogP contribution in [-0.4, -0.2) is 41.8 Å². The summed E-state index contributed by atoms with van der Waals surface area (Å²) < 4.78 is 7.19. The quantitative estimate of drug-likeness (QED) is 0.263. The van der Waals surface area contributed by atoms with Gasteiger partial charge >= 0.3 is 5.97 Å². The maximum Gasteiger partial charge on any atom is 0.339 e. The zero-order valence-corrected chi connectivity index (χ0v) is 23.0. The summed E-state index contributed by atoms with van der Waals surface area (Å²) in [6.45, 7) is 4.14. The molecule has 0 aliphatic carbocycles. The number of hydrogen-bond acceptors (Lipinski definition) is 5. The first-order valence-electron chi connectivity index (χ1n) is 12.5. The van der Waals surface area contributed by atoms with Crippen molar-refractivity contribution in [3.8, 4) is 5.69 Å². The Balaban J connectivity index is 1.68. The molecule has 1 N–H and O–H groups in total. The van der Waals surface area contributed by atoms with Crippen LogP contribution in [0.5, 0.6) is 0 Å². The van der Waals surface area contributed by atoms with Crippen molar-refractivity contribution in [2.24, 2.45) is 0 Å². The Morgan fingerprint density at radius 3 is 2.39 bits per heavy atom. The van der Waals surface area contributed by atoms with Crippen LogP contribution in [0.2, 0.25) is 0 Å². The van der Waals surface area contributed by atoms with Gasteiger partial charge in [0.15, 0.2) is 5.11 Å². The summed E-state index contributed by atoms with van der Waals surface area (Å²) >= 11 is 5.92. The zero-order valence-electron chi connectivity index (χ0n) is 22.2. The molecule has 3 heterocycles. The van der Waals surface area contributed by atoms with Crippen molar-refractivity contribution in [1.29, 1.82) is 0 Å². The fraction of sp³-hybridized carbons (Fsp3) is 0.233. The van der Waals surface area contributed by atoms with Crippen molar-refractivity contribution in [3.05, 3.63) is 107 Å². The molecule has 2 atom stereocenters. The molecule has 2 aromatic carbocycles. The Morgan fingerprint density at radius 2 is 1.74 bits per heavy atom. The molecule has 8 heteroatoms. The minimum Gasteiger partial charge on any atom is -0.465 e. The van der Waals surface area contributed by atoms with Gasteiger partial charge in [0.05, 0.1) is 36.1 Å². The highest BCUT2D eigenvalue weighted by Crippen LogP contribution is 2.44. The number of methoxy groups -OCH3 is 1. The number of pyridine rings is 1. The van der Waals surface area contributed by atoms with E-state index in [0.29, 0.717) is 10.7 Å². The van der Waals surface area contributed by atoms with Crippen LogP contribution in [-0.2, 0) is 4.74 Å². The number of anilines is 2. The number of benzene rings is 2. The summed E-state index contributed by atoms with van der Waals surface area (Å²) in [4.78, 5) is 21.5. The van der Waals surface area contributed by atoms with Gasteiger partial charge in [-0.25, -0.2) is 4.79 Å². The number of hydrogen-bond donors (Lipinski definition) is 1. The van der Waals surface area contributed by atoms with E-state index in [2.05, 4.69) is 68.8 Å². The van der Waals surface area contributed by atoms with Gasteiger partial charge in [-0.2, -0.15) is 0 Å². The molecule has 194 valence electrons. The molecule has 0 radical (unpaired) electrons. The molecule has 38 heavy (non-hydrogen) atoms. The summed E-state index contributed by atoms with van der Waals surface area (Å²) in [6.07, 6.45) is 1.81. The fourth-order valence-corrected chi connectivity index (χ4v) is 5.62. The smallest absolute Gasteiger partial charge is 0.339 e. The van der Waals surface area contributed by atoms with Crippen molar-refractivity contribution in [2.45, 2.75) is 25.9 Å². The highest BCUT2D eigenvalue weighted by Gasteiger charge is 2.42. The van der Waals surface area contributed by atoms with Gasteiger partial charge in [0, 0.05) is 43.1 Å². The number of thiocarbonyl (C=S) groups is 1. The van der Waals surface area contributed by atoms with Gasteiger partial charge in [-0.3, -0.25) is 4.98 Å². The highest BCUT2D eigenvalue weighted by atomic mass is 32.1. The Hall–Kier alpha value is -4.17. The molecule has 0 saturated carbocycles. The van der Waals surface area contributed by atoms with Gasteiger partial charge in [-0.1, -0.05) is 18.2 Å². The Morgan fingerprint density at radius 1 is 1.03 bits per heavy atom. The highest BCUT2D eigenvalue weighted by molar-refractivity contribution is 7.80. The predicted octanol–water partition coefficient (Wildman–Crippen LogP) is 5.52. The fourth-order valence-electron chi connectivity index (χ4n) is 5.27. The van der Waals surface area contributed by atoms with Crippen LogP contribution in [0.25, 0.3) is 5.69 Å². The molecule has 1 fully saturated rings.